The third-order valence-corrected chi connectivity index (χ3v) is 2.22. The van der Waals surface area contributed by atoms with Gasteiger partial charge in [0.15, 0.2) is 0 Å². The molecule has 0 amide bonds. The largest absolute Gasteiger partial charge is 0.340 e. The molecule has 1 heterocycles. The van der Waals surface area contributed by atoms with Gasteiger partial charge in [0.2, 0.25) is 0 Å². The molecule has 0 aromatic carbocycles. The molecular formula is C10H17N3. The van der Waals surface area contributed by atoms with Crippen LogP contribution in [0.1, 0.15) is 19.5 Å². The number of aromatic nitrogens is 2. The third kappa shape index (κ3) is 2.70. The van der Waals surface area contributed by atoms with Crippen molar-refractivity contribution in [2.24, 2.45) is 7.05 Å². The first-order valence-corrected chi connectivity index (χ1v) is 4.47. The Balaban J connectivity index is 2.76. The Morgan fingerprint density at radius 2 is 2.38 bits per heavy atom. The molecule has 13 heavy (non-hydrogen) atoms. The van der Waals surface area contributed by atoms with E-state index in [1.807, 2.05) is 31.2 Å². The van der Waals surface area contributed by atoms with E-state index in [2.05, 4.69) is 30.2 Å². The fourth-order valence-electron chi connectivity index (χ4n) is 1.09. The van der Waals surface area contributed by atoms with E-state index in [0.717, 1.165) is 5.69 Å². The maximum Gasteiger partial charge on any atom is 0.0950 e. The SMILES string of the molecule is CNC(C)/C(C)=C/c1cn(C)cn1. The lowest BCUT2D eigenvalue weighted by Gasteiger charge is -2.09. The smallest absolute Gasteiger partial charge is 0.0950 e. The number of aryl methyl sites for hydroxylation is 1. The lowest BCUT2D eigenvalue weighted by atomic mass is 10.1. The van der Waals surface area contributed by atoms with Crippen LogP contribution in [0.2, 0.25) is 0 Å². The molecule has 0 aliphatic heterocycles. The lowest BCUT2D eigenvalue weighted by Crippen LogP contribution is -2.21. The molecule has 1 N–H and O–H groups in total. The van der Waals surface area contributed by atoms with Gasteiger partial charge in [0.1, 0.15) is 0 Å². The normalized spacial score (nSPS) is 14.6. The fraction of sp³-hybridized carbons (Fsp3) is 0.500. The molecule has 0 spiro atoms. The van der Waals surface area contributed by atoms with Crippen molar-refractivity contribution in [1.82, 2.24) is 14.9 Å². The number of likely N-dealkylation sites (N-methyl/N-ethyl adjacent to an activating group) is 1. The number of rotatable bonds is 3. The highest BCUT2D eigenvalue weighted by atomic mass is 15.0. The van der Waals surface area contributed by atoms with Gasteiger partial charge in [0.05, 0.1) is 12.0 Å². The van der Waals surface area contributed by atoms with Crippen molar-refractivity contribution >= 4 is 6.08 Å². The molecular weight excluding hydrogens is 162 g/mol. The summed E-state index contributed by atoms with van der Waals surface area (Å²) in [6, 6.07) is 0.405. The van der Waals surface area contributed by atoms with Crippen LogP contribution in [0.15, 0.2) is 18.1 Å². The number of nitrogens with zero attached hydrogens (tertiary/aromatic N) is 2. The average Bonchev–Trinajstić information content (AvgIpc) is 2.49. The van der Waals surface area contributed by atoms with Gasteiger partial charge in [-0.2, -0.15) is 0 Å². The first-order chi connectivity index (χ1) is 6.13. The molecule has 0 radical (unpaired) electrons. The average molecular weight is 179 g/mol. The van der Waals surface area contributed by atoms with Crippen LogP contribution in [0.5, 0.6) is 0 Å². The maximum atomic E-state index is 4.23. The van der Waals surface area contributed by atoms with Gasteiger partial charge in [-0.15, -0.1) is 0 Å². The van der Waals surface area contributed by atoms with Crippen molar-refractivity contribution in [3.8, 4) is 0 Å². The van der Waals surface area contributed by atoms with Gasteiger partial charge in [-0.05, 0) is 27.0 Å². The van der Waals surface area contributed by atoms with Crippen molar-refractivity contribution in [3.05, 3.63) is 23.8 Å². The molecule has 1 atom stereocenters. The third-order valence-electron chi connectivity index (χ3n) is 2.22. The van der Waals surface area contributed by atoms with Gasteiger partial charge in [-0.3, -0.25) is 0 Å². The highest BCUT2D eigenvalue weighted by molar-refractivity contribution is 5.48. The van der Waals surface area contributed by atoms with Crippen LogP contribution < -0.4 is 5.32 Å². The summed E-state index contributed by atoms with van der Waals surface area (Å²) in [6.45, 7) is 4.24. The molecule has 1 aromatic heterocycles. The van der Waals surface area contributed by atoms with Crippen molar-refractivity contribution in [2.45, 2.75) is 19.9 Å². The second-order valence-corrected chi connectivity index (χ2v) is 3.36. The molecule has 0 aliphatic rings. The quantitative estimate of drug-likeness (QED) is 0.760. The molecule has 1 unspecified atom stereocenters. The molecule has 1 aromatic rings. The van der Waals surface area contributed by atoms with Crippen LogP contribution in [0.3, 0.4) is 0 Å². The Morgan fingerprint density at radius 1 is 1.69 bits per heavy atom. The molecule has 0 saturated carbocycles. The summed E-state index contributed by atoms with van der Waals surface area (Å²) in [5.41, 5.74) is 2.31. The van der Waals surface area contributed by atoms with Gasteiger partial charge in [-0.1, -0.05) is 5.57 Å². The zero-order chi connectivity index (χ0) is 9.84. The van der Waals surface area contributed by atoms with E-state index in [1.165, 1.54) is 5.57 Å². The molecule has 1 rings (SSSR count). The summed E-state index contributed by atoms with van der Waals surface area (Å²) in [5, 5.41) is 3.19. The minimum absolute atomic E-state index is 0.405. The zero-order valence-corrected chi connectivity index (χ0v) is 8.70. The van der Waals surface area contributed by atoms with Gasteiger partial charge < -0.3 is 9.88 Å². The van der Waals surface area contributed by atoms with Gasteiger partial charge in [0, 0.05) is 19.3 Å². The number of nitrogens with one attached hydrogen (secondary N) is 1. The molecule has 0 fully saturated rings. The van der Waals surface area contributed by atoms with Crippen LogP contribution in [0.25, 0.3) is 6.08 Å². The summed E-state index contributed by atoms with van der Waals surface area (Å²) < 4.78 is 1.95. The molecule has 0 saturated heterocycles. The van der Waals surface area contributed by atoms with Gasteiger partial charge in [-0.25, -0.2) is 4.98 Å². The van der Waals surface area contributed by atoms with E-state index in [-0.39, 0.29) is 0 Å². The van der Waals surface area contributed by atoms with E-state index in [4.69, 9.17) is 0 Å². The van der Waals surface area contributed by atoms with Crippen LogP contribution >= 0.6 is 0 Å². The van der Waals surface area contributed by atoms with E-state index >= 15 is 0 Å². The summed E-state index contributed by atoms with van der Waals surface area (Å²) in [5.74, 6) is 0. The monoisotopic (exact) mass is 179 g/mol. The van der Waals surface area contributed by atoms with Crippen molar-refractivity contribution in [2.75, 3.05) is 7.05 Å². The van der Waals surface area contributed by atoms with Crippen LogP contribution in [0, 0.1) is 0 Å². The zero-order valence-electron chi connectivity index (χ0n) is 8.70. The second-order valence-electron chi connectivity index (χ2n) is 3.36. The fourth-order valence-corrected chi connectivity index (χ4v) is 1.09. The molecule has 0 aliphatic carbocycles. The van der Waals surface area contributed by atoms with Crippen LogP contribution in [-0.4, -0.2) is 22.6 Å². The second kappa shape index (κ2) is 4.23. The first kappa shape index (κ1) is 9.99. The van der Waals surface area contributed by atoms with E-state index in [0.29, 0.717) is 6.04 Å². The minimum Gasteiger partial charge on any atom is -0.340 e. The van der Waals surface area contributed by atoms with Gasteiger partial charge >= 0.3 is 0 Å². The number of hydrogen-bond acceptors (Lipinski definition) is 2. The van der Waals surface area contributed by atoms with E-state index in [1.54, 1.807) is 0 Å². The van der Waals surface area contributed by atoms with Crippen molar-refractivity contribution in [3.63, 3.8) is 0 Å². The topological polar surface area (TPSA) is 29.9 Å². The van der Waals surface area contributed by atoms with E-state index < -0.39 is 0 Å². The molecule has 0 bridgehead atoms. The van der Waals surface area contributed by atoms with Crippen molar-refractivity contribution in [1.29, 1.82) is 0 Å². The Kier molecular flexibility index (Phi) is 3.25. The standard InChI is InChI=1S/C10H17N3/c1-8(9(2)11-3)5-10-6-13(4)7-12-10/h5-7,9,11H,1-4H3/b8-5+. The Bertz CT molecular complexity index is 299. The summed E-state index contributed by atoms with van der Waals surface area (Å²) in [6.07, 6.45) is 5.91. The summed E-state index contributed by atoms with van der Waals surface area (Å²) in [4.78, 5) is 4.23. The molecule has 3 nitrogen and oxygen atoms in total. The summed E-state index contributed by atoms with van der Waals surface area (Å²) in [7, 11) is 3.93. The lowest BCUT2D eigenvalue weighted by molar-refractivity contribution is 0.696. The van der Waals surface area contributed by atoms with Gasteiger partial charge in [0.25, 0.3) is 0 Å². The first-order valence-electron chi connectivity index (χ1n) is 4.47. The van der Waals surface area contributed by atoms with Crippen molar-refractivity contribution < 1.29 is 0 Å². The molecule has 72 valence electrons. The predicted molar refractivity (Wildman–Crippen MR) is 55.4 cm³/mol. The summed E-state index contributed by atoms with van der Waals surface area (Å²) >= 11 is 0. The van der Waals surface area contributed by atoms with Crippen LogP contribution in [-0.2, 0) is 7.05 Å². The number of hydrogen-bond donors (Lipinski definition) is 1. The Morgan fingerprint density at radius 3 is 2.85 bits per heavy atom. The van der Waals surface area contributed by atoms with Crippen LogP contribution in [0.4, 0.5) is 0 Å². The highest BCUT2D eigenvalue weighted by Crippen LogP contribution is 2.06. The number of imidazole rings is 1. The Labute approximate surface area is 79.5 Å². The minimum atomic E-state index is 0.405. The Hall–Kier alpha value is -1.09. The molecule has 3 heteroatoms. The van der Waals surface area contributed by atoms with E-state index in [9.17, 15) is 0 Å². The maximum absolute atomic E-state index is 4.23. The highest BCUT2D eigenvalue weighted by Gasteiger charge is 2.00. The predicted octanol–water partition coefficient (Wildman–Crippen LogP) is 1.43.